The van der Waals surface area contributed by atoms with Gasteiger partial charge in [0.1, 0.15) is 5.69 Å². The van der Waals surface area contributed by atoms with E-state index in [2.05, 4.69) is 10.3 Å². The zero-order valence-corrected chi connectivity index (χ0v) is 11.7. The van der Waals surface area contributed by atoms with E-state index in [1.54, 1.807) is 29.8 Å². The highest BCUT2D eigenvalue weighted by molar-refractivity contribution is 7.98. The third-order valence-corrected chi connectivity index (χ3v) is 3.06. The summed E-state index contributed by atoms with van der Waals surface area (Å²) >= 11 is 1.68. The molecule has 0 aromatic carbocycles. The Hall–Kier alpha value is -1.76. The Morgan fingerprint density at radius 2 is 2.21 bits per heavy atom. The van der Waals surface area contributed by atoms with Crippen LogP contribution in [0.1, 0.15) is 16.1 Å². The monoisotopic (exact) mass is 283 g/mol. The number of urea groups is 1. The van der Waals surface area contributed by atoms with Crippen molar-refractivity contribution < 1.29 is 14.7 Å². The van der Waals surface area contributed by atoms with Crippen molar-refractivity contribution in [3.63, 3.8) is 0 Å². The van der Waals surface area contributed by atoms with Crippen molar-refractivity contribution in [2.75, 3.05) is 25.6 Å². The van der Waals surface area contributed by atoms with E-state index >= 15 is 0 Å². The van der Waals surface area contributed by atoms with Crippen LogP contribution in [0.2, 0.25) is 0 Å². The number of pyridine rings is 1. The lowest BCUT2D eigenvalue weighted by molar-refractivity contribution is 0.0690. The molecule has 0 radical (unpaired) electrons. The Bertz CT molecular complexity index is 436. The van der Waals surface area contributed by atoms with E-state index in [9.17, 15) is 9.59 Å². The molecular formula is C12H17N3O3S. The van der Waals surface area contributed by atoms with Gasteiger partial charge in [0.25, 0.3) is 0 Å². The van der Waals surface area contributed by atoms with Crippen molar-refractivity contribution in [1.29, 1.82) is 0 Å². The van der Waals surface area contributed by atoms with Crippen LogP contribution in [0.5, 0.6) is 0 Å². The summed E-state index contributed by atoms with van der Waals surface area (Å²) in [6.45, 7) is 1.01. The second-order valence-electron chi connectivity index (χ2n) is 3.93. The number of amides is 2. The smallest absolute Gasteiger partial charge is 0.354 e. The average molecular weight is 283 g/mol. The van der Waals surface area contributed by atoms with Gasteiger partial charge in [0.05, 0.1) is 0 Å². The molecule has 0 unspecified atom stereocenters. The van der Waals surface area contributed by atoms with Crippen LogP contribution in [-0.4, -0.2) is 52.6 Å². The SMILES string of the molecule is CSCCN(C)C(=O)NCc1ccc(C(=O)O)nc1. The van der Waals surface area contributed by atoms with Gasteiger partial charge in [-0.1, -0.05) is 6.07 Å². The molecule has 0 aliphatic heterocycles. The topological polar surface area (TPSA) is 82.5 Å². The second-order valence-corrected chi connectivity index (χ2v) is 4.92. The van der Waals surface area contributed by atoms with E-state index in [0.29, 0.717) is 13.1 Å². The van der Waals surface area contributed by atoms with E-state index in [1.165, 1.54) is 12.3 Å². The van der Waals surface area contributed by atoms with Gasteiger partial charge in [0.15, 0.2) is 0 Å². The molecule has 2 N–H and O–H groups in total. The number of carbonyl (C=O) groups excluding carboxylic acids is 1. The van der Waals surface area contributed by atoms with Crippen molar-refractivity contribution in [2.45, 2.75) is 6.54 Å². The molecule has 1 heterocycles. The number of carboxylic acid groups (broad SMARTS) is 1. The Balaban J connectivity index is 2.43. The van der Waals surface area contributed by atoms with Crippen molar-refractivity contribution in [2.24, 2.45) is 0 Å². The first-order valence-corrected chi connectivity index (χ1v) is 7.10. The Morgan fingerprint density at radius 1 is 1.47 bits per heavy atom. The second kappa shape index (κ2) is 7.63. The molecule has 0 aliphatic rings. The predicted octanol–water partition coefficient (Wildman–Crippen LogP) is 1.28. The Kier molecular flexibility index (Phi) is 6.14. The summed E-state index contributed by atoms with van der Waals surface area (Å²) in [6, 6.07) is 2.90. The van der Waals surface area contributed by atoms with Gasteiger partial charge in [-0.05, 0) is 17.9 Å². The molecule has 1 aromatic rings. The fraction of sp³-hybridized carbons (Fsp3) is 0.417. The summed E-state index contributed by atoms with van der Waals surface area (Å²) in [5.74, 6) is -0.175. The zero-order chi connectivity index (χ0) is 14.3. The number of nitrogens with one attached hydrogen (secondary N) is 1. The molecule has 19 heavy (non-hydrogen) atoms. The highest BCUT2D eigenvalue weighted by atomic mass is 32.2. The number of aromatic nitrogens is 1. The fourth-order valence-corrected chi connectivity index (χ4v) is 1.75. The molecule has 0 fully saturated rings. The third kappa shape index (κ3) is 5.17. The van der Waals surface area contributed by atoms with Gasteiger partial charge in [-0.3, -0.25) is 0 Å². The van der Waals surface area contributed by atoms with E-state index in [0.717, 1.165) is 11.3 Å². The summed E-state index contributed by atoms with van der Waals surface area (Å²) in [4.78, 5) is 27.7. The minimum Gasteiger partial charge on any atom is -0.477 e. The molecule has 0 bridgehead atoms. The summed E-state index contributed by atoms with van der Waals surface area (Å²) in [6.07, 6.45) is 3.44. The van der Waals surface area contributed by atoms with E-state index in [-0.39, 0.29) is 11.7 Å². The predicted molar refractivity (Wildman–Crippen MR) is 74.4 cm³/mol. The van der Waals surface area contributed by atoms with Crippen LogP contribution in [0, 0.1) is 0 Å². The highest BCUT2D eigenvalue weighted by Crippen LogP contribution is 2.01. The number of aromatic carboxylic acids is 1. The number of hydrogen-bond acceptors (Lipinski definition) is 4. The zero-order valence-electron chi connectivity index (χ0n) is 10.9. The summed E-state index contributed by atoms with van der Waals surface area (Å²) in [7, 11) is 1.73. The number of carbonyl (C=O) groups is 2. The Morgan fingerprint density at radius 3 is 2.74 bits per heavy atom. The van der Waals surface area contributed by atoms with Crippen LogP contribution >= 0.6 is 11.8 Å². The molecule has 0 saturated heterocycles. The van der Waals surface area contributed by atoms with Crippen molar-refractivity contribution in [3.05, 3.63) is 29.6 Å². The molecule has 7 heteroatoms. The molecule has 1 rings (SSSR count). The lowest BCUT2D eigenvalue weighted by Crippen LogP contribution is -2.38. The number of thioether (sulfide) groups is 1. The van der Waals surface area contributed by atoms with Crippen LogP contribution < -0.4 is 5.32 Å². The fourth-order valence-electron chi connectivity index (χ4n) is 1.30. The number of rotatable bonds is 6. The maximum atomic E-state index is 11.7. The maximum absolute atomic E-state index is 11.7. The molecule has 0 aliphatic carbocycles. The van der Waals surface area contributed by atoms with Crippen LogP contribution in [0.25, 0.3) is 0 Å². The molecule has 0 atom stereocenters. The van der Waals surface area contributed by atoms with E-state index in [4.69, 9.17) is 5.11 Å². The highest BCUT2D eigenvalue weighted by Gasteiger charge is 2.08. The maximum Gasteiger partial charge on any atom is 0.354 e. The molecule has 1 aromatic heterocycles. The number of nitrogens with zero attached hydrogens (tertiary/aromatic N) is 2. The van der Waals surface area contributed by atoms with E-state index in [1.807, 2.05) is 6.26 Å². The van der Waals surface area contributed by atoms with Gasteiger partial charge < -0.3 is 15.3 Å². The molecule has 0 saturated carbocycles. The van der Waals surface area contributed by atoms with Gasteiger partial charge in [-0.25, -0.2) is 14.6 Å². The van der Waals surface area contributed by atoms with Crippen LogP contribution in [0.4, 0.5) is 4.79 Å². The number of carboxylic acids is 1. The van der Waals surface area contributed by atoms with Crippen molar-refractivity contribution >= 4 is 23.8 Å². The van der Waals surface area contributed by atoms with Gasteiger partial charge in [-0.2, -0.15) is 11.8 Å². The van der Waals surface area contributed by atoms with Crippen LogP contribution in [-0.2, 0) is 6.54 Å². The van der Waals surface area contributed by atoms with E-state index < -0.39 is 5.97 Å². The van der Waals surface area contributed by atoms with Gasteiger partial charge in [0.2, 0.25) is 0 Å². The first-order chi connectivity index (χ1) is 9.04. The van der Waals surface area contributed by atoms with Crippen molar-refractivity contribution in [1.82, 2.24) is 15.2 Å². The minimum atomic E-state index is -1.06. The molecule has 0 spiro atoms. The quantitative estimate of drug-likeness (QED) is 0.822. The van der Waals surface area contributed by atoms with Crippen LogP contribution in [0.15, 0.2) is 18.3 Å². The first kappa shape index (κ1) is 15.3. The standard InChI is InChI=1S/C12H17N3O3S/c1-15(5-6-19-2)12(18)14-8-9-3-4-10(11(16)17)13-7-9/h3-4,7H,5-6,8H2,1-2H3,(H,14,18)(H,16,17). The average Bonchev–Trinajstić information content (AvgIpc) is 2.42. The largest absolute Gasteiger partial charge is 0.477 e. The molecule has 2 amide bonds. The molecular weight excluding hydrogens is 266 g/mol. The van der Waals surface area contributed by atoms with Crippen molar-refractivity contribution in [3.8, 4) is 0 Å². The first-order valence-electron chi connectivity index (χ1n) is 5.70. The minimum absolute atomic E-state index is 0.00725. The van der Waals surface area contributed by atoms with Gasteiger partial charge in [0, 0.05) is 32.1 Å². The summed E-state index contributed by atoms with van der Waals surface area (Å²) in [5.41, 5.74) is 0.754. The lowest BCUT2D eigenvalue weighted by Gasteiger charge is -2.17. The summed E-state index contributed by atoms with van der Waals surface area (Å²) < 4.78 is 0. The van der Waals surface area contributed by atoms with Gasteiger partial charge >= 0.3 is 12.0 Å². The van der Waals surface area contributed by atoms with Gasteiger partial charge in [-0.15, -0.1) is 0 Å². The van der Waals surface area contributed by atoms with Crippen LogP contribution in [0.3, 0.4) is 0 Å². The number of hydrogen-bond donors (Lipinski definition) is 2. The molecule has 6 nitrogen and oxygen atoms in total. The lowest BCUT2D eigenvalue weighted by atomic mass is 10.2. The summed E-state index contributed by atoms with van der Waals surface area (Å²) in [5, 5.41) is 11.5. The third-order valence-electron chi connectivity index (χ3n) is 2.47. The normalized spacial score (nSPS) is 10.0. The Labute approximate surface area is 116 Å². The molecule has 104 valence electrons.